The number of carbonyl (C=O) groups excluding carboxylic acids is 1. The molecule has 0 radical (unpaired) electrons. The smallest absolute Gasteiger partial charge is 0.235 e. The van der Waals surface area contributed by atoms with Gasteiger partial charge in [-0.2, -0.15) is 0 Å². The Balaban J connectivity index is 1.83. The molecule has 0 aliphatic carbocycles. The lowest BCUT2D eigenvalue weighted by molar-refractivity contribution is -0.120. The van der Waals surface area contributed by atoms with Gasteiger partial charge in [0.1, 0.15) is 11.5 Å². The highest BCUT2D eigenvalue weighted by atomic mass is 16.5. The van der Waals surface area contributed by atoms with Crippen LogP contribution in [-0.4, -0.2) is 11.1 Å². The summed E-state index contributed by atoms with van der Waals surface area (Å²) in [7, 11) is 0. The zero-order chi connectivity index (χ0) is 16.9. The van der Waals surface area contributed by atoms with Crippen LogP contribution in [-0.2, 0) is 16.6 Å². The Morgan fingerprint density at radius 1 is 1.21 bits per heavy atom. The number of furan rings is 1. The third-order valence-corrected chi connectivity index (χ3v) is 4.90. The summed E-state index contributed by atoms with van der Waals surface area (Å²) in [6.07, 6.45) is 2.18. The molecule has 0 saturated carbocycles. The van der Waals surface area contributed by atoms with Crippen molar-refractivity contribution in [1.29, 1.82) is 0 Å². The Bertz CT molecular complexity index is 905. The van der Waals surface area contributed by atoms with E-state index >= 15 is 0 Å². The van der Waals surface area contributed by atoms with Crippen molar-refractivity contribution in [3.63, 3.8) is 0 Å². The average molecular weight is 322 g/mol. The maximum atomic E-state index is 12.8. The first-order valence-corrected chi connectivity index (χ1v) is 7.91. The molecule has 5 nitrogen and oxygen atoms in total. The fourth-order valence-electron chi connectivity index (χ4n) is 3.44. The Hall–Kier alpha value is -2.82. The van der Waals surface area contributed by atoms with Crippen LogP contribution >= 0.6 is 0 Å². The number of hydrogen-bond donors (Lipinski definition) is 1. The Morgan fingerprint density at radius 3 is 2.71 bits per heavy atom. The minimum absolute atomic E-state index is 0.0171. The maximum Gasteiger partial charge on any atom is 0.235 e. The second-order valence-electron chi connectivity index (χ2n) is 6.47. The molecule has 0 spiro atoms. The predicted molar refractivity (Wildman–Crippen MR) is 89.8 cm³/mol. The summed E-state index contributed by atoms with van der Waals surface area (Å²) >= 11 is 0. The summed E-state index contributed by atoms with van der Waals surface area (Å²) in [5.74, 6) is 1.49. The number of hydrogen-bond acceptors (Lipinski definition) is 4. The molecule has 4 rings (SSSR count). The van der Waals surface area contributed by atoms with Gasteiger partial charge in [0.05, 0.1) is 23.1 Å². The van der Waals surface area contributed by atoms with E-state index in [-0.39, 0.29) is 5.91 Å². The number of nitrogens with zero attached hydrogens (tertiary/aromatic N) is 1. The van der Waals surface area contributed by atoms with Gasteiger partial charge in [0.15, 0.2) is 0 Å². The van der Waals surface area contributed by atoms with Crippen molar-refractivity contribution in [2.45, 2.75) is 32.6 Å². The molecule has 0 saturated heterocycles. The summed E-state index contributed by atoms with van der Waals surface area (Å²) in [6, 6.07) is 9.65. The standard InChI is InChI=1S/C19H18N2O3/c1-11-14(12(2)24-21-11)10-19(3)15-7-4-6-13(16-8-5-9-23-16)17(15)20-18(19)22/h4-9H,10H2,1-3H3,(H,20,22). The van der Waals surface area contributed by atoms with Crippen LogP contribution in [0.4, 0.5) is 5.69 Å². The van der Waals surface area contributed by atoms with Crippen LogP contribution in [0.3, 0.4) is 0 Å². The Labute approximate surface area is 139 Å². The molecule has 122 valence electrons. The number of rotatable bonds is 3. The van der Waals surface area contributed by atoms with Crippen LogP contribution in [0.25, 0.3) is 11.3 Å². The first kappa shape index (κ1) is 14.8. The molecule has 1 amide bonds. The number of aromatic nitrogens is 1. The quantitative estimate of drug-likeness (QED) is 0.791. The van der Waals surface area contributed by atoms with Crippen molar-refractivity contribution in [1.82, 2.24) is 5.16 Å². The fraction of sp³-hybridized carbons (Fsp3) is 0.263. The normalized spacial score (nSPS) is 19.4. The molecule has 3 aromatic rings. The molecular weight excluding hydrogens is 304 g/mol. The van der Waals surface area contributed by atoms with Crippen LogP contribution in [0.1, 0.15) is 29.5 Å². The van der Waals surface area contributed by atoms with Gasteiger partial charge in [-0.15, -0.1) is 0 Å². The molecule has 0 fully saturated rings. The third-order valence-electron chi connectivity index (χ3n) is 4.90. The lowest BCUT2D eigenvalue weighted by Gasteiger charge is -2.22. The van der Waals surface area contributed by atoms with E-state index in [0.29, 0.717) is 6.42 Å². The first-order valence-electron chi connectivity index (χ1n) is 7.91. The van der Waals surface area contributed by atoms with Crippen molar-refractivity contribution in [2.75, 3.05) is 5.32 Å². The molecule has 1 unspecified atom stereocenters. The molecule has 1 atom stereocenters. The highest BCUT2D eigenvalue weighted by Crippen LogP contribution is 2.45. The van der Waals surface area contributed by atoms with Gasteiger partial charge in [-0.05, 0) is 51.0 Å². The highest BCUT2D eigenvalue weighted by Gasteiger charge is 2.44. The molecule has 1 aliphatic rings. The van der Waals surface area contributed by atoms with E-state index in [1.807, 2.05) is 51.1 Å². The number of para-hydroxylation sites is 1. The van der Waals surface area contributed by atoms with E-state index < -0.39 is 5.41 Å². The highest BCUT2D eigenvalue weighted by molar-refractivity contribution is 6.09. The minimum atomic E-state index is -0.668. The maximum absolute atomic E-state index is 12.8. The van der Waals surface area contributed by atoms with Gasteiger partial charge >= 0.3 is 0 Å². The minimum Gasteiger partial charge on any atom is -0.464 e. The van der Waals surface area contributed by atoms with Crippen molar-refractivity contribution >= 4 is 11.6 Å². The number of carbonyl (C=O) groups is 1. The van der Waals surface area contributed by atoms with E-state index in [1.165, 1.54) is 0 Å². The van der Waals surface area contributed by atoms with Gasteiger partial charge in [0.25, 0.3) is 0 Å². The number of amides is 1. The largest absolute Gasteiger partial charge is 0.464 e. The van der Waals surface area contributed by atoms with Gasteiger partial charge in [-0.1, -0.05) is 17.3 Å². The van der Waals surface area contributed by atoms with Crippen molar-refractivity contribution in [2.24, 2.45) is 0 Å². The fourth-order valence-corrected chi connectivity index (χ4v) is 3.44. The SMILES string of the molecule is Cc1noc(C)c1CC1(C)C(=O)Nc2c(-c3ccco3)cccc21. The van der Waals surface area contributed by atoms with Crippen LogP contribution in [0.15, 0.2) is 45.5 Å². The molecule has 24 heavy (non-hydrogen) atoms. The predicted octanol–water partition coefficient (Wildman–Crippen LogP) is 4.00. The number of fused-ring (bicyclic) bond motifs is 1. The lowest BCUT2D eigenvalue weighted by atomic mass is 9.77. The van der Waals surface area contributed by atoms with Crippen molar-refractivity contribution < 1.29 is 13.7 Å². The number of nitrogens with one attached hydrogen (secondary N) is 1. The van der Waals surface area contributed by atoms with Crippen LogP contribution in [0, 0.1) is 13.8 Å². The number of anilines is 1. The van der Waals surface area contributed by atoms with Crippen molar-refractivity contribution in [3.05, 3.63) is 59.2 Å². The van der Waals surface area contributed by atoms with E-state index in [0.717, 1.165) is 39.6 Å². The van der Waals surface area contributed by atoms with E-state index in [2.05, 4.69) is 10.5 Å². The molecule has 0 bridgehead atoms. The van der Waals surface area contributed by atoms with Crippen LogP contribution in [0.5, 0.6) is 0 Å². The zero-order valence-corrected chi connectivity index (χ0v) is 13.8. The van der Waals surface area contributed by atoms with E-state index in [9.17, 15) is 4.79 Å². The molecule has 1 aromatic carbocycles. The van der Waals surface area contributed by atoms with Gasteiger partial charge in [0.2, 0.25) is 5.91 Å². The van der Waals surface area contributed by atoms with Gasteiger partial charge < -0.3 is 14.3 Å². The molecule has 1 aliphatic heterocycles. The Kier molecular flexibility index (Phi) is 3.13. The summed E-state index contributed by atoms with van der Waals surface area (Å²) in [5.41, 5.74) is 3.85. The van der Waals surface area contributed by atoms with E-state index in [1.54, 1.807) is 6.26 Å². The summed E-state index contributed by atoms with van der Waals surface area (Å²) in [6.45, 7) is 5.75. The monoisotopic (exact) mass is 322 g/mol. The molecule has 3 heterocycles. The van der Waals surface area contributed by atoms with Gasteiger partial charge in [-0.3, -0.25) is 4.79 Å². The molecule has 2 aromatic heterocycles. The van der Waals surface area contributed by atoms with Gasteiger partial charge in [0, 0.05) is 11.1 Å². The summed E-state index contributed by atoms with van der Waals surface area (Å²) < 4.78 is 10.8. The molecular formula is C19H18N2O3. The average Bonchev–Trinajstić information content (AvgIpc) is 3.25. The van der Waals surface area contributed by atoms with Gasteiger partial charge in [-0.25, -0.2) is 0 Å². The number of aryl methyl sites for hydroxylation is 2. The second-order valence-corrected chi connectivity index (χ2v) is 6.47. The summed E-state index contributed by atoms with van der Waals surface area (Å²) in [5, 5.41) is 7.05. The topological polar surface area (TPSA) is 68.3 Å². The molecule has 1 N–H and O–H groups in total. The number of benzene rings is 1. The first-order chi connectivity index (χ1) is 11.5. The second kappa shape index (κ2) is 5.09. The van der Waals surface area contributed by atoms with Crippen LogP contribution in [0.2, 0.25) is 0 Å². The van der Waals surface area contributed by atoms with Crippen molar-refractivity contribution in [3.8, 4) is 11.3 Å². The molecule has 5 heteroatoms. The Morgan fingerprint density at radius 2 is 2.04 bits per heavy atom. The zero-order valence-electron chi connectivity index (χ0n) is 13.8. The third kappa shape index (κ3) is 2.01. The lowest BCUT2D eigenvalue weighted by Crippen LogP contribution is -2.33. The van der Waals surface area contributed by atoms with E-state index in [4.69, 9.17) is 8.94 Å². The van der Waals surface area contributed by atoms with Crippen LogP contribution < -0.4 is 5.32 Å². The summed E-state index contributed by atoms with van der Waals surface area (Å²) in [4.78, 5) is 12.8.